The Labute approximate surface area is 180 Å². The number of ether oxygens (including phenoxy) is 3. The van der Waals surface area contributed by atoms with Crippen LogP contribution in [0.2, 0.25) is 5.02 Å². The molecule has 0 spiro atoms. The third-order valence-corrected chi connectivity index (χ3v) is 5.03. The number of rotatable bonds is 6. The van der Waals surface area contributed by atoms with Crippen molar-refractivity contribution in [3.05, 3.63) is 46.5 Å². The van der Waals surface area contributed by atoms with Gasteiger partial charge in [0.25, 0.3) is 11.8 Å². The molecule has 1 atom stereocenters. The Kier molecular flexibility index (Phi) is 6.26. The highest BCUT2D eigenvalue weighted by molar-refractivity contribution is 6.31. The SMILES string of the molecule is COc1cc(C(=O)NN2C(=O)c3cc(Cl)ccc3NC2C(C)C)cc(OC)c1OC. The van der Waals surface area contributed by atoms with E-state index in [1.807, 2.05) is 13.8 Å². The first-order valence-electron chi connectivity index (χ1n) is 9.31. The van der Waals surface area contributed by atoms with Gasteiger partial charge in [-0.3, -0.25) is 15.0 Å². The molecular weight excluding hydrogens is 410 g/mol. The zero-order chi connectivity index (χ0) is 22.0. The molecule has 2 N–H and O–H groups in total. The van der Waals surface area contributed by atoms with Gasteiger partial charge in [0.2, 0.25) is 5.75 Å². The van der Waals surface area contributed by atoms with Gasteiger partial charge in [0, 0.05) is 16.3 Å². The van der Waals surface area contributed by atoms with Gasteiger partial charge in [-0.15, -0.1) is 0 Å². The maximum atomic E-state index is 13.1. The minimum absolute atomic E-state index is 0.0121. The number of halogens is 1. The predicted molar refractivity (Wildman–Crippen MR) is 113 cm³/mol. The Morgan fingerprint density at radius 2 is 1.73 bits per heavy atom. The monoisotopic (exact) mass is 433 g/mol. The van der Waals surface area contributed by atoms with Crippen molar-refractivity contribution in [3.8, 4) is 17.2 Å². The van der Waals surface area contributed by atoms with Gasteiger partial charge in [0.1, 0.15) is 6.17 Å². The molecule has 2 aromatic carbocycles. The lowest BCUT2D eigenvalue weighted by Gasteiger charge is -2.39. The second kappa shape index (κ2) is 8.71. The van der Waals surface area contributed by atoms with Crippen molar-refractivity contribution in [1.82, 2.24) is 10.4 Å². The largest absolute Gasteiger partial charge is 0.493 e. The molecule has 1 aliphatic rings. The van der Waals surface area contributed by atoms with Gasteiger partial charge >= 0.3 is 0 Å². The number of benzene rings is 2. The lowest BCUT2D eigenvalue weighted by atomic mass is 10.0. The Hall–Kier alpha value is -3.13. The fourth-order valence-electron chi connectivity index (χ4n) is 3.27. The molecule has 2 aromatic rings. The van der Waals surface area contributed by atoms with E-state index in [2.05, 4.69) is 10.7 Å². The molecule has 8 nitrogen and oxygen atoms in total. The van der Waals surface area contributed by atoms with E-state index in [4.69, 9.17) is 25.8 Å². The van der Waals surface area contributed by atoms with Gasteiger partial charge < -0.3 is 19.5 Å². The van der Waals surface area contributed by atoms with Crippen molar-refractivity contribution < 1.29 is 23.8 Å². The Morgan fingerprint density at radius 1 is 1.10 bits per heavy atom. The summed E-state index contributed by atoms with van der Waals surface area (Å²) in [5.74, 6) is 0.199. The summed E-state index contributed by atoms with van der Waals surface area (Å²) in [5, 5.41) is 5.01. The van der Waals surface area contributed by atoms with E-state index in [1.165, 1.54) is 38.5 Å². The van der Waals surface area contributed by atoms with Crippen molar-refractivity contribution in [2.45, 2.75) is 20.0 Å². The third kappa shape index (κ3) is 3.95. The number of nitrogens with one attached hydrogen (secondary N) is 2. The van der Waals surface area contributed by atoms with Crippen LogP contribution in [-0.2, 0) is 0 Å². The third-order valence-electron chi connectivity index (χ3n) is 4.79. The van der Waals surface area contributed by atoms with E-state index in [-0.39, 0.29) is 17.4 Å². The van der Waals surface area contributed by atoms with Crippen LogP contribution in [0.25, 0.3) is 0 Å². The topological polar surface area (TPSA) is 89.1 Å². The smallest absolute Gasteiger partial charge is 0.276 e. The highest BCUT2D eigenvalue weighted by Crippen LogP contribution is 2.38. The summed E-state index contributed by atoms with van der Waals surface area (Å²) in [5.41, 5.74) is 4.00. The maximum absolute atomic E-state index is 13.1. The van der Waals surface area contributed by atoms with Crippen LogP contribution in [0.1, 0.15) is 34.6 Å². The minimum atomic E-state index is -0.500. The molecule has 0 aromatic heterocycles. The van der Waals surface area contributed by atoms with Crippen LogP contribution in [0, 0.1) is 5.92 Å². The molecule has 0 radical (unpaired) electrons. The minimum Gasteiger partial charge on any atom is -0.493 e. The molecule has 1 heterocycles. The highest BCUT2D eigenvalue weighted by Gasteiger charge is 2.35. The fourth-order valence-corrected chi connectivity index (χ4v) is 3.44. The Balaban J connectivity index is 1.95. The molecule has 0 fully saturated rings. The molecule has 0 bridgehead atoms. The summed E-state index contributed by atoms with van der Waals surface area (Å²) in [7, 11) is 4.41. The second-order valence-corrected chi connectivity index (χ2v) is 7.49. The molecule has 0 aliphatic carbocycles. The fraction of sp³-hybridized carbons (Fsp3) is 0.333. The Morgan fingerprint density at radius 3 is 2.27 bits per heavy atom. The van der Waals surface area contributed by atoms with E-state index in [0.29, 0.717) is 33.5 Å². The summed E-state index contributed by atoms with van der Waals surface area (Å²) < 4.78 is 15.9. The van der Waals surface area contributed by atoms with Crippen molar-refractivity contribution in [1.29, 1.82) is 0 Å². The number of carbonyl (C=O) groups is 2. The maximum Gasteiger partial charge on any atom is 0.276 e. The number of anilines is 1. The van der Waals surface area contributed by atoms with Gasteiger partial charge in [0.15, 0.2) is 11.5 Å². The van der Waals surface area contributed by atoms with Crippen LogP contribution in [0.4, 0.5) is 5.69 Å². The van der Waals surface area contributed by atoms with Crippen molar-refractivity contribution in [3.63, 3.8) is 0 Å². The van der Waals surface area contributed by atoms with Crippen molar-refractivity contribution >= 4 is 29.1 Å². The first-order valence-corrected chi connectivity index (χ1v) is 9.69. The molecule has 2 amide bonds. The average Bonchev–Trinajstić information content (AvgIpc) is 2.74. The molecule has 1 unspecified atom stereocenters. The zero-order valence-electron chi connectivity index (χ0n) is 17.4. The van der Waals surface area contributed by atoms with E-state index in [9.17, 15) is 9.59 Å². The lowest BCUT2D eigenvalue weighted by Crippen LogP contribution is -2.59. The average molecular weight is 434 g/mol. The van der Waals surface area contributed by atoms with E-state index < -0.39 is 12.1 Å². The zero-order valence-corrected chi connectivity index (χ0v) is 18.2. The standard InChI is InChI=1S/C21H24ClN3O5/c1-11(2)19-23-15-7-6-13(22)10-14(15)21(27)25(19)24-20(26)12-8-16(28-3)18(30-5)17(9-12)29-4/h6-11,19,23H,1-5H3,(H,24,26). The van der Waals surface area contributed by atoms with Gasteiger partial charge in [-0.2, -0.15) is 0 Å². The molecule has 3 rings (SSSR count). The molecule has 30 heavy (non-hydrogen) atoms. The van der Waals surface area contributed by atoms with Crippen LogP contribution in [-0.4, -0.2) is 44.3 Å². The molecule has 9 heteroatoms. The summed E-state index contributed by atoms with van der Waals surface area (Å²) in [6, 6.07) is 8.08. The Bertz CT molecular complexity index is 954. The summed E-state index contributed by atoms with van der Waals surface area (Å²) in [6.45, 7) is 3.90. The quantitative estimate of drug-likeness (QED) is 0.724. The number of methoxy groups -OCH3 is 3. The van der Waals surface area contributed by atoms with E-state index in [1.54, 1.807) is 18.2 Å². The van der Waals surface area contributed by atoms with Crippen LogP contribution in [0.15, 0.2) is 30.3 Å². The van der Waals surface area contributed by atoms with Crippen molar-refractivity contribution in [2.24, 2.45) is 5.92 Å². The first kappa shape index (κ1) is 21.6. The first-order chi connectivity index (χ1) is 14.3. The number of hydrogen-bond acceptors (Lipinski definition) is 6. The van der Waals surface area contributed by atoms with Gasteiger partial charge in [-0.25, -0.2) is 5.01 Å². The van der Waals surface area contributed by atoms with Gasteiger partial charge in [-0.1, -0.05) is 25.4 Å². The predicted octanol–water partition coefficient (Wildman–Crippen LogP) is 3.56. The summed E-state index contributed by atoms with van der Waals surface area (Å²) >= 11 is 6.06. The number of amides is 2. The molecule has 0 saturated heterocycles. The number of fused-ring (bicyclic) bond motifs is 1. The van der Waals surface area contributed by atoms with Crippen LogP contribution in [0.5, 0.6) is 17.2 Å². The summed E-state index contributed by atoms with van der Waals surface area (Å²) in [4.78, 5) is 26.2. The van der Waals surface area contributed by atoms with Crippen LogP contribution < -0.4 is 25.0 Å². The molecule has 160 valence electrons. The number of hydrogen-bond donors (Lipinski definition) is 2. The number of hydrazine groups is 1. The van der Waals surface area contributed by atoms with Gasteiger partial charge in [0.05, 0.1) is 26.9 Å². The summed E-state index contributed by atoms with van der Waals surface area (Å²) in [6.07, 6.45) is -0.447. The number of nitrogens with zero attached hydrogens (tertiary/aromatic N) is 1. The van der Waals surface area contributed by atoms with Crippen molar-refractivity contribution in [2.75, 3.05) is 26.6 Å². The van der Waals surface area contributed by atoms with E-state index >= 15 is 0 Å². The molecular formula is C21H24ClN3O5. The lowest BCUT2D eigenvalue weighted by molar-refractivity contribution is 0.0438. The number of carbonyl (C=O) groups excluding carboxylic acids is 2. The van der Waals surface area contributed by atoms with Gasteiger partial charge in [-0.05, 0) is 36.2 Å². The highest BCUT2D eigenvalue weighted by atomic mass is 35.5. The van der Waals surface area contributed by atoms with Crippen LogP contribution >= 0.6 is 11.6 Å². The normalized spacial score (nSPS) is 15.4. The van der Waals surface area contributed by atoms with Crippen LogP contribution in [0.3, 0.4) is 0 Å². The molecule has 0 saturated carbocycles. The second-order valence-electron chi connectivity index (χ2n) is 7.05. The molecule has 1 aliphatic heterocycles. The van der Waals surface area contributed by atoms with E-state index in [0.717, 1.165) is 0 Å².